The molecule has 0 radical (unpaired) electrons. The number of rotatable bonds is 4. The lowest BCUT2D eigenvalue weighted by Gasteiger charge is -2.27. The summed E-state index contributed by atoms with van der Waals surface area (Å²) in [5.74, 6) is -2.22. The Morgan fingerprint density at radius 3 is 1.51 bits per heavy atom. The molecule has 0 bridgehead atoms. The second-order valence-corrected chi connectivity index (χ2v) is 11.0. The van der Waals surface area contributed by atoms with Crippen LogP contribution in [0.15, 0.2) is 36.4 Å². The van der Waals surface area contributed by atoms with E-state index < -0.39 is 16.8 Å². The Morgan fingerprint density at radius 1 is 0.707 bits per heavy atom. The summed E-state index contributed by atoms with van der Waals surface area (Å²) in [6, 6.07) is 9.44. The van der Waals surface area contributed by atoms with Crippen LogP contribution < -0.4 is 19.6 Å². The molecular weight excluding hydrogens is 528 g/mol. The fourth-order valence-electron chi connectivity index (χ4n) is 5.03. The number of fused-ring (bicyclic) bond motifs is 2. The summed E-state index contributed by atoms with van der Waals surface area (Å²) in [6.45, 7) is 11.0. The zero-order chi connectivity index (χ0) is 31.0. The van der Waals surface area contributed by atoms with Gasteiger partial charge in [-0.3, -0.25) is 24.0 Å². The van der Waals surface area contributed by atoms with Gasteiger partial charge in [-0.1, -0.05) is 0 Å². The minimum Gasteiger partial charge on any atom is -0.478 e. The van der Waals surface area contributed by atoms with E-state index in [9.17, 15) is 28.8 Å². The molecule has 41 heavy (non-hydrogen) atoms. The summed E-state index contributed by atoms with van der Waals surface area (Å²) in [4.78, 5) is 78.1. The maximum absolute atomic E-state index is 12.6. The summed E-state index contributed by atoms with van der Waals surface area (Å²) in [5, 5.41) is 9.10. The summed E-state index contributed by atoms with van der Waals surface area (Å²) in [5.41, 5.74) is 0.473. The van der Waals surface area contributed by atoms with E-state index in [1.807, 2.05) is 13.8 Å². The van der Waals surface area contributed by atoms with Gasteiger partial charge in [0, 0.05) is 32.7 Å². The second-order valence-electron chi connectivity index (χ2n) is 11.0. The number of aromatic carboxylic acids is 1. The summed E-state index contributed by atoms with van der Waals surface area (Å²) >= 11 is 0. The highest BCUT2D eigenvalue weighted by Crippen LogP contribution is 2.40. The molecule has 2 aliphatic rings. The maximum Gasteiger partial charge on any atom is 0.335 e. The van der Waals surface area contributed by atoms with Crippen molar-refractivity contribution in [1.29, 1.82) is 0 Å². The lowest BCUT2D eigenvalue weighted by Crippen LogP contribution is -2.47. The maximum atomic E-state index is 12.6. The first kappa shape index (κ1) is 31.0. The summed E-state index contributed by atoms with van der Waals surface area (Å²) in [6.07, 6.45) is 0.729. The number of nitrogens with zero attached hydrogens (tertiary/aromatic N) is 4. The molecule has 0 saturated heterocycles. The van der Waals surface area contributed by atoms with Crippen molar-refractivity contribution >= 4 is 58.6 Å². The van der Waals surface area contributed by atoms with E-state index >= 15 is 0 Å². The number of benzene rings is 2. The minimum atomic E-state index is -1.19. The highest BCUT2D eigenvalue weighted by atomic mass is 16.4. The number of carboxylic acids is 1. The van der Waals surface area contributed by atoms with Crippen LogP contribution in [-0.4, -0.2) is 68.2 Å². The Balaban J connectivity index is 0.000000226. The van der Waals surface area contributed by atoms with Crippen molar-refractivity contribution in [2.24, 2.45) is 10.8 Å². The predicted octanol–water partition coefficient (Wildman–Crippen LogP) is 3.59. The topological polar surface area (TPSA) is 136 Å². The van der Waals surface area contributed by atoms with Gasteiger partial charge in [0.2, 0.25) is 23.6 Å². The molecule has 4 rings (SSSR count). The number of amides is 4. The van der Waals surface area contributed by atoms with Crippen molar-refractivity contribution < 1.29 is 33.9 Å². The number of carboxylic acid groups (broad SMARTS) is 1. The van der Waals surface area contributed by atoms with Crippen LogP contribution in [0.3, 0.4) is 0 Å². The second kappa shape index (κ2) is 11.1. The molecule has 2 heterocycles. The minimum absolute atomic E-state index is 0.0802. The van der Waals surface area contributed by atoms with E-state index in [2.05, 4.69) is 0 Å². The van der Waals surface area contributed by atoms with E-state index in [-0.39, 0.29) is 29.2 Å². The Morgan fingerprint density at radius 2 is 1.12 bits per heavy atom. The number of aldehydes is 1. The molecule has 218 valence electrons. The van der Waals surface area contributed by atoms with Crippen LogP contribution in [0.4, 0.5) is 22.7 Å². The Hall–Kier alpha value is -4.54. The first-order valence-electron chi connectivity index (χ1n) is 13.2. The largest absolute Gasteiger partial charge is 0.478 e. The average Bonchev–Trinajstić information content (AvgIpc) is 3.04. The number of hydrogen-bond acceptors (Lipinski definition) is 6. The number of carbonyl (C=O) groups excluding carboxylic acids is 5. The third kappa shape index (κ3) is 5.19. The van der Waals surface area contributed by atoms with Gasteiger partial charge in [0.25, 0.3) is 0 Å². The van der Waals surface area contributed by atoms with Gasteiger partial charge >= 0.3 is 5.97 Å². The van der Waals surface area contributed by atoms with Crippen molar-refractivity contribution in [3.63, 3.8) is 0 Å². The third-order valence-electron chi connectivity index (χ3n) is 7.53. The van der Waals surface area contributed by atoms with Crippen LogP contribution in [0, 0.1) is 10.8 Å². The number of hydrogen-bond donors (Lipinski definition) is 1. The smallest absolute Gasteiger partial charge is 0.335 e. The first-order chi connectivity index (χ1) is 19.1. The molecule has 0 atom stereocenters. The first-order valence-corrected chi connectivity index (χ1v) is 13.2. The number of carbonyl (C=O) groups is 6. The van der Waals surface area contributed by atoms with E-state index in [4.69, 9.17) is 5.11 Å². The van der Waals surface area contributed by atoms with Crippen LogP contribution in [0.5, 0.6) is 0 Å². The molecule has 0 saturated carbocycles. The fraction of sp³-hybridized carbons (Fsp3) is 0.400. The Kier molecular flexibility index (Phi) is 8.43. The van der Waals surface area contributed by atoms with E-state index in [1.165, 1.54) is 26.8 Å². The van der Waals surface area contributed by atoms with Crippen molar-refractivity contribution in [2.45, 2.75) is 41.5 Å². The zero-order valence-corrected chi connectivity index (χ0v) is 24.6. The Bertz CT molecular complexity index is 1450. The van der Waals surface area contributed by atoms with Crippen molar-refractivity contribution in [3.05, 3.63) is 47.5 Å². The van der Waals surface area contributed by atoms with Gasteiger partial charge < -0.3 is 24.7 Å². The third-order valence-corrected chi connectivity index (χ3v) is 7.53. The van der Waals surface area contributed by atoms with Gasteiger partial charge in [-0.15, -0.1) is 0 Å². The lowest BCUT2D eigenvalue weighted by molar-refractivity contribution is -0.139. The van der Waals surface area contributed by atoms with Gasteiger partial charge in [-0.05, 0) is 77.9 Å². The molecule has 4 amide bonds. The van der Waals surface area contributed by atoms with Crippen LogP contribution in [0.2, 0.25) is 0 Å². The van der Waals surface area contributed by atoms with Crippen LogP contribution >= 0.6 is 0 Å². The SMILES string of the molecule is CCN1C(=O)C(C)(C)C(=O)N(C)c2cc(C(=O)O)ccc21.CCN1C(=O)C(C)(C)C(=O)N(C)c2cc(C=O)ccc21. The van der Waals surface area contributed by atoms with E-state index in [1.54, 1.807) is 71.0 Å². The molecule has 0 aromatic heterocycles. The van der Waals surface area contributed by atoms with E-state index in [0.717, 1.165) is 6.29 Å². The summed E-state index contributed by atoms with van der Waals surface area (Å²) < 4.78 is 0. The normalized spacial score (nSPS) is 17.7. The summed E-state index contributed by atoms with van der Waals surface area (Å²) in [7, 11) is 3.19. The standard InChI is InChI=1S/C15H18N2O4.C15H18N2O3/c1-5-17-10-7-6-9(12(18)19)8-11(10)16(4)13(20)15(2,3)14(17)21;1-5-17-11-7-6-10(9-18)8-12(11)16(4)13(19)15(2,3)14(17)20/h6-8H,5H2,1-4H3,(H,18,19);6-9H,5H2,1-4H3. The van der Waals surface area contributed by atoms with Crippen LogP contribution in [-0.2, 0) is 19.2 Å². The van der Waals surface area contributed by atoms with Gasteiger partial charge in [-0.2, -0.15) is 0 Å². The average molecular weight is 565 g/mol. The van der Waals surface area contributed by atoms with Crippen LogP contribution in [0.1, 0.15) is 62.3 Å². The van der Waals surface area contributed by atoms with Gasteiger partial charge in [0.05, 0.1) is 28.3 Å². The molecule has 0 spiro atoms. The molecule has 2 aliphatic heterocycles. The van der Waals surface area contributed by atoms with Crippen molar-refractivity contribution in [1.82, 2.24) is 0 Å². The molecule has 0 aliphatic carbocycles. The molecule has 11 nitrogen and oxygen atoms in total. The molecule has 1 N–H and O–H groups in total. The molecular formula is C30H36N4O7. The predicted molar refractivity (Wildman–Crippen MR) is 156 cm³/mol. The quantitative estimate of drug-likeness (QED) is 0.443. The van der Waals surface area contributed by atoms with Gasteiger partial charge in [0.1, 0.15) is 17.1 Å². The van der Waals surface area contributed by atoms with Gasteiger partial charge in [-0.25, -0.2) is 4.79 Å². The van der Waals surface area contributed by atoms with E-state index in [0.29, 0.717) is 41.4 Å². The highest BCUT2D eigenvalue weighted by molar-refractivity contribution is 6.21. The molecule has 0 fully saturated rings. The molecule has 0 unspecified atom stereocenters. The van der Waals surface area contributed by atoms with Crippen molar-refractivity contribution in [3.8, 4) is 0 Å². The molecule has 2 aromatic rings. The molecule has 11 heteroatoms. The fourth-order valence-corrected chi connectivity index (χ4v) is 5.03. The van der Waals surface area contributed by atoms with Gasteiger partial charge in [0.15, 0.2) is 0 Å². The van der Waals surface area contributed by atoms with Crippen molar-refractivity contribution in [2.75, 3.05) is 46.8 Å². The Labute approximate surface area is 239 Å². The number of anilines is 4. The highest BCUT2D eigenvalue weighted by Gasteiger charge is 2.46. The van der Waals surface area contributed by atoms with Crippen LogP contribution in [0.25, 0.3) is 0 Å². The zero-order valence-electron chi connectivity index (χ0n) is 24.6. The molecule has 2 aromatic carbocycles. The lowest BCUT2D eigenvalue weighted by atomic mass is 9.90. The monoisotopic (exact) mass is 564 g/mol.